The fourth-order valence-electron chi connectivity index (χ4n) is 11.8. The molecule has 4 aliphatic rings. The van der Waals surface area contributed by atoms with Gasteiger partial charge in [0.15, 0.2) is 35.1 Å². The first-order valence-electron chi connectivity index (χ1n) is 25.2. The Morgan fingerprint density at radius 2 is 1.42 bits per heavy atom. The number of aliphatic hydroxyl groups is 2. The first-order chi connectivity index (χ1) is 37.4. The van der Waals surface area contributed by atoms with Gasteiger partial charge in [0.1, 0.15) is 36.6 Å². The van der Waals surface area contributed by atoms with E-state index < -0.39 is 149 Å². The van der Waals surface area contributed by atoms with Gasteiger partial charge >= 0.3 is 30.0 Å². The maximum Gasteiger partial charge on any atom is 0.508 e. The summed E-state index contributed by atoms with van der Waals surface area (Å²) in [5, 5.41) is 41.0. The van der Waals surface area contributed by atoms with Crippen molar-refractivity contribution in [3.8, 4) is 11.5 Å². The summed E-state index contributed by atoms with van der Waals surface area (Å²) in [6, 6.07) is 24.6. The van der Waals surface area contributed by atoms with E-state index in [1.807, 2.05) is 0 Å². The van der Waals surface area contributed by atoms with Gasteiger partial charge in [0.05, 0.1) is 60.3 Å². The lowest BCUT2D eigenvalue weighted by atomic mass is 9.44. The quantitative estimate of drug-likeness (QED) is 0.0380. The number of benzene rings is 4. The standard InChI is InChI=1S/C57H60N2O20/c1-30-40(76-52(66)45(62)44(33-18-12-9-13-19-33)58-50(64)34-20-14-10-15-21-34)27-57(68)49(78-51(65)35-22-16-11-17-23-35)47-55(6,48(63)46(75-31(2)60)43(30)54(57,4)5)41(26-42-56(47,29-74-42)79-32(3)61)77-53(67)73-28-36-24-38(71-7)39(72-8)25-37(36)59(69)70/h9-25,40-42,44-47,49,62,68H,26-29H2,1-8H3,(H,58,64)/t40-,41-,42+,44-,45+,46+,47-,49-,55+,56-,57+/m0/s1. The molecule has 0 spiro atoms. The Balaban J connectivity index is 1.27. The van der Waals surface area contributed by atoms with Gasteiger partial charge in [-0.2, -0.15) is 0 Å². The number of rotatable bonds is 16. The van der Waals surface area contributed by atoms with E-state index in [4.69, 9.17) is 42.6 Å². The van der Waals surface area contributed by atoms with Crippen molar-refractivity contribution in [3.63, 3.8) is 0 Å². The topological polar surface area (TPSA) is 298 Å². The molecule has 418 valence electrons. The normalized spacial score (nSPS) is 27.2. The van der Waals surface area contributed by atoms with Gasteiger partial charge < -0.3 is 58.2 Å². The molecule has 4 aromatic rings. The van der Waals surface area contributed by atoms with Crippen molar-refractivity contribution in [2.75, 3.05) is 20.8 Å². The van der Waals surface area contributed by atoms with Crippen molar-refractivity contribution >= 4 is 47.4 Å². The number of ketones is 1. The van der Waals surface area contributed by atoms with Crippen molar-refractivity contribution in [2.24, 2.45) is 16.7 Å². The monoisotopic (exact) mass is 1090 g/mol. The number of fused-ring (bicyclic) bond motifs is 5. The number of carbonyl (C=O) groups is 7. The number of hydrogen-bond acceptors (Lipinski definition) is 20. The van der Waals surface area contributed by atoms with Gasteiger partial charge in [-0.15, -0.1) is 0 Å². The highest BCUT2D eigenvalue weighted by Gasteiger charge is 2.79. The van der Waals surface area contributed by atoms with Crippen LogP contribution in [0.1, 0.15) is 92.3 Å². The van der Waals surface area contributed by atoms with Crippen LogP contribution in [0, 0.1) is 26.9 Å². The summed E-state index contributed by atoms with van der Waals surface area (Å²) in [5.41, 5.74) is -9.03. The molecule has 3 N–H and O–H groups in total. The van der Waals surface area contributed by atoms with E-state index in [0.717, 1.165) is 19.9 Å². The van der Waals surface area contributed by atoms with Crippen molar-refractivity contribution in [1.29, 1.82) is 0 Å². The molecule has 1 heterocycles. The highest BCUT2D eigenvalue weighted by Crippen LogP contribution is 2.65. The van der Waals surface area contributed by atoms with Gasteiger partial charge in [-0.25, -0.2) is 14.4 Å². The van der Waals surface area contributed by atoms with E-state index in [0.29, 0.717) is 5.56 Å². The third-order valence-electron chi connectivity index (χ3n) is 15.8. The summed E-state index contributed by atoms with van der Waals surface area (Å²) in [7, 11) is 2.56. The number of nitrogens with zero attached hydrogens (tertiary/aromatic N) is 1. The third-order valence-corrected chi connectivity index (χ3v) is 15.8. The summed E-state index contributed by atoms with van der Waals surface area (Å²) >= 11 is 0. The van der Waals surface area contributed by atoms with E-state index in [9.17, 15) is 49.1 Å². The van der Waals surface area contributed by atoms with Gasteiger partial charge in [-0.3, -0.25) is 29.3 Å². The van der Waals surface area contributed by atoms with E-state index in [-0.39, 0.29) is 39.3 Å². The molecule has 79 heavy (non-hydrogen) atoms. The van der Waals surface area contributed by atoms with E-state index in [2.05, 4.69) is 5.32 Å². The van der Waals surface area contributed by atoms with Crippen molar-refractivity contribution < 1.29 is 91.3 Å². The van der Waals surface area contributed by atoms with Gasteiger partial charge in [-0.05, 0) is 60.9 Å². The first-order valence-corrected chi connectivity index (χ1v) is 25.2. The van der Waals surface area contributed by atoms with Crippen LogP contribution >= 0.6 is 0 Å². The number of nitro groups is 1. The molecule has 1 amide bonds. The molecule has 1 saturated heterocycles. The van der Waals surface area contributed by atoms with Crippen LogP contribution in [0.15, 0.2) is 114 Å². The molecule has 0 unspecified atom stereocenters. The molecule has 2 bridgehead atoms. The average Bonchev–Trinajstić information content (AvgIpc) is 2.17. The lowest BCUT2D eigenvalue weighted by Crippen LogP contribution is -2.82. The predicted octanol–water partition coefficient (Wildman–Crippen LogP) is 6.02. The average molecular weight is 1090 g/mol. The van der Waals surface area contributed by atoms with Gasteiger partial charge in [0.25, 0.3) is 11.6 Å². The number of aliphatic hydroxyl groups excluding tert-OH is 1. The number of nitrogens with one attached hydrogen (secondary N) is 1. The second kappa shape index (κ2) is 22.3. The molecule has 22 heteroatoms. The SMILES string of the molecule is COc1cc(COC(=O)O[C@H]2C[C@H]3OC[C@@]3(OC(C)=O)[C@H]3[C@H](OC(=O)c4ccccc4)[C@]4(O)C[C@H](OC(=O)[C@H](O)[C@@H](NC(=O)c5ccccc5)c5ccccc5)C(C)=C([C@@H](OC(C)=O)C(=O)[C@]23C)C4(C)C)c([N+](=O)[O-])cc1OC. The number of amides is 1. The molecule has 3 fully saturated rings. The van der Waals surface area contributed by atoms with E-state index in [1.165, 1.54) is 72.2 Å². The van der Waals surface area contributed by atoms with Crippen LogP contribution in [0.25, 0.3) is 0 Å². The van der Waals surface area contributed by atoms with E-state index in [1.54, 1.807) is 66.7 Å². The number of carbonyl (C=O) groups excluding carboxylic acids is 7. The van der Waals surface area contributed by atoms with Crippen molar-refractivity contribution in [3.05, 3.63) is 147 Å². The van der Waals surface area contributed by atoms with Gasteiger partial charge in [0, 0.05) is 37.7 Å². The maximum absolute atomic E-state index is 16.3. The van der Waals surface area contributed by atoms with Crippen LogP contribution in [0.5, 0.6) is 11.5 Å². The zero-order valence-electron chi connectivity index (χ0n) is 44.5. The molecule has 2 saturated carbocycles. The molecule has 11 atom stereocenters. The number of Topliss-reactive ketones (excluding diaryl/α,β-unsaturated/α-hetero) is 1. The van der Waals surface area contributed by atoms with Crippen LogP contribution in [-0.2, 0) is 58.9 Å². The number of hydrogen-bond donors (Lipinski definition) is 3. The molecule has 0 radical (unpaired) electrons. The minimum Gasteiger partial charge on any atom is -0.493 e. The van der Waals surface area contributed by atoms with Crippen LogP contribution in [0.3, 0.4) is 0 Å². The molecule has 0 aromatic heterocycles. The minimum absolute atomic E-state index is 0.00866. The second-order valence-corrected chi connectivity index (χ2v) is 20.6. The Morgan fingerprint density at radius 3 is 1.97 bits per heavy atom. The Morgan fingerprint density at radius 1 is 0.823 bits per heavy atom. The zero-order valence-corrected chi connectivity index (χ0v) is 44.5. The van der Waals surface area contributed by atoms with Gasteiger partial charge in [-0.1, -0.05) is 80.6 Å². The number of nitro benzene ring substituents is 1. The van der Waals surface area contributed by atoms with E-state index >= 15 is 4.79 Å². The Labute approximate surface area is 453 Å². The molecular weight excluding hydrogens is 1030 g/mol. The van der Waals surface area contributed by atoms with Crippen LogP contribution in [-0.4, -0.2) is 126 Å². The van der Waals surface area contributed by atoms with Crippen LogP contribution in [0.2, 0.25) is 0 Å². The first kappa shape index (κ1) is 57.0. The zero-order chi connectivity index (χ0) is 57.4. The maximum atomic E-state index is 16.3. The number of esters is 4. The summed E-state index contributed by atoms with van der Waals surface area (Å²) in [6.07, 6.45) is -13.4. The lowest BCUT2D eigenvalue weighted by Gasteiger charge is -2.67. The fraction of sp³-hybridized carbons (Fsp3) is 0.421. The van der Waals surface area contributed by atoms with Crippen molar-refractivity contribution in [2.45, 2.75) is 115 Å². The summed E-state index contributed by atoms with van der Waals surface area (Å²) in [6.45, 7) is 6.61. The molecular formula is C57H60N2O20. The summed E-state index contributed by atoms with van der Waals surface area (Å²) in [4.78, 5) is 112. The minimum atomic E-state index is -2.59. The highest BCUT2D eigenvalue weighted by atomic mass is 16.7. The summed E-state index contributed by atoms with van der Waals surface area (Å²) in [5.74, 6) is -7.67. The molecule has 8 rings (SSSR count). The molecule has 22 nitrogen and oxygen atoms in total. The Kier molecular flexibility index (Phi) is 16.1. The number of methoxy groups -OCH3 is 2. The fourth-order valence-corrected chi connectivity index (χ4v) is 11.8. The Hall–Kier alpha value is -8.21. The number of ether oxygens (including phenoxy) is 9. The Bertz CT molecular complexity index is 3080. The lowest BCUT2D eigenvalue weighted by molar-refractivity contribution is -0.386. The van der Waals surface area contributed by atoms with Crippen molar-refractivity contribution in [1.82, 2.24) is 5.32 Å². The predicted molar refractivity (Wildman–Crippen MR) is 273 cm³/mol. The smallest absolute Gasteiger partial charge is 0.493 e. The van der Waals surface area contributed by atoms with Crippen LogP contribution < -0.4 is 14.8 Å². The largest absolute Gasteiger partial charge is 0.508 e. The van der Waals surface area contributed by atoms with Crippen LogP contribution in [0.4, 0.5) is 10.5 Å². The molecule has 4 aromatic carbocycles. The highest BCUT2D eigenvalue weighted by molar-refractivity contribution is 5.96. The second-order valence-electron chi connectivity index (χ2n) is 20.6. The van der Waals surface area contributed by atoms with Gasteiger partial charge in [0.2, 0.25) is 0 Å². The molecule has 3 aliphatic carbocycles. The third kappa shape index (κ3) is 10.4. The molecule has 1 aliphatic heterocycles. The summed E-state index contributed by atoms with van der Waals surface area (Å²) < 4.78 is 53.0.